The third-order valence-corrected chi connectivity index (χ3v) is 6.65. The number of benzene rings is 4. The molecule has 4 N–H and O–H groups in total. The zero-order valence-corrected chi connectivity index (χ0v) is 22.9. The molecule has 0 aromatic heterocycles. The summed E-state index contributed by atoms with van der Waals surface area (Å²) in [6, 6.07) is 28.4. The lowest BCUT2D eigenvalue weighted by molar-refractivity contribution is -0.136. The summed E-state index contributed by atoms with van der Waals surface area (Å²) in [6.07, 6.45) is 0.280. The number of nitrogens with one attached hydrogen (secondary N) is 3. The molecule has 0 heterocycles. The fraction of sp³-hybridized carbons (Fsp3) is 0.129. The average molecular weight is 576 g/mol. The van der Waals surface area contributed by atoms with Gasteiger partial charge in [-0.15, -0.1) is 0 Å². The van der Waals surface area contributed by atoms with Crippen molar-refractivity contribution in [3.63, 3.8) is 0 Å². The number of halogens is 2. The quantitative estimate of drug-likeness (QED) is 0.163. The lowest BCUT2D eigenvalue weighted by atomic mass is 10.0. The summed E-state index contributed by atoms with van der Waals surface area (Å²) in [5, 5.41) is 18.7. The maximum atomic E-state index is 13.4. The Morgan fingerprint density at radius 2 is 1.48 bits per heavy atom. The third kappa shape index (κ3) is 8.09. The van der Waals surface area contributed by atoms with Gasteiger partial charge >= 0.3 is 5.97 Å². The predicted molar refractivity (Wildman–Crippen MR) is 159 cm³/mol. The molecule has 2 amide bonds. The molecule has 7 nitrogen and oxygen atoms in total. The van der Waals surface area contributed by atoms with Crippen molar-refractivity contribution in [3.8, 4) is 11.1 Å². The molecule has 9 heteroatoms. The second-order valence-electron chi connectivity index (χ2n) is 9.05. The summed E-state index contributed by atoms with van der Waals surface area (Å²) >= 11 is 12.3. The minimum absolute atomic E-state index is 0.0429. The van der Waals surface area contributed by atoms with Crippen LogP contribution in [0.25, 0.3) is 11.1 Å². The lowest BCUT2D eigenvalue weighted by Crippen LogP contribution is -2.36. The van der Waals surface area contributed by atoms with Crippen molar-refractivity contribution in [1.82, 2.24) is 5.32 Å². The first kappa shape index (κ1) is 28.7. The maximum absolute atomic E-state index is 13.4. The van der Waals surface area contributed by atoms with E-state index in [2.05, 4.69) is 16.0 Å². The molecular formula is C31H27Cl2N3O4. The van der Waals surface area contributed by atoms with Gasteiger partial charge in [0, 0.05) is 45.5 Å². The SMILES string of the molecule is O=C(O)CCNC(=O)c1ccc(NC(Cc2ccccc2)C(=O)Nc2ccc(-c3ccc(Cl)cc3Cl)cc2)cc1. The first-order chi connectivity index (χ1) is 19.3. The second kappa shape index (κ2) is 13.6. The number of carboxylic acid groups (broad SMARTS) is 1. The number of hydrogen-bond acceptors (Lipinski definition) is 4. The Morgan fingerprint density at radius 1 is 0.800 bits per heavy atom. The molecule has 40 heavy (non-hydrogen) atoms. The van der Waals surface area contributed by atoms with Crippen LogP contribution in [0.15, 0.2) is 97.1 Å². The molecule has 0 spiro atoms. The van der Waals surface area contributed by atoms with Gasteiger partial charge in [-0.3, -0.25) is 14.4 Å². The summed E-state index contributed by atoms with van der Waals surface area (Å²) in [5.41, 5.74) is 4.40. The highest BCUT2D eigenvalue weighted by atomic mass is 35.5. The van der Waals surface area contributed by atoms with Crippen LogP contribution in [0.2, 0.25) is 10.0 Å². The minimum Gasteiger partial charge on any atom is -0.481 e. The molecular weight excluding hydrogens is 549 g/mol. The summed E-state index contributed by atoms with van der Waals surface area (Å²) in [6.45, 7) is 0.0429. The third-order valence-electron chi connectivity index (χ3n) is 6.11. The Balaban J connectivity index is 1.46. The number of anilines is 2. The van der Waals surface area contributed by atoms with E-state index in [0.717, 1.165) is 16.7 Å². The molecule has 204 valence electrons. The lowest BCUT2D eigenvalue weighted by Gasteiger charge is -2.20. The zero-order valence-electron chi connectivity index (χ0n) is 21.4. The average Bonchev–Trinajstić information content (AvgIpc) is 2.94. The van der Waals surface area contributed by atoms with E-state index >= 15 is 0 Å². The molecule has 0 saturated heterocycles. The molecule has 1 atom stereocenters. The summed E-state index contributed by atoms with van der Waals surface area (Å²) < 4.78 is 0. The number of aliphatic carboxylic acids is 1. The number of carbonyl (C=O) groups excluding carboxylic acids is 2. The van der Waals surface area contributed by atoms with Crippen LogP contribution in [0, 0.1) is 0 Å². The highest BCUT2D eigenvalue weighted by Crippen LogP contribution is 2.31. The molecule has 0 radical (unpaired) electrons. The normalized spacial score (nSPS) is 11.3. The monoisotopic (exact) mass is 575 g/mol. The van der Waals surface area contributed by atoms with Crippen LogP contribution < -0.4 is 16.0 Å². The Kier molecular flexibility index (Phi) is 9.78. The fourth-order valence-corrected chi connectivity index (χ4v) is 4.57. The Labute approximate surface area is 242 Å². The van der Waals surface area contributed by atoms with E-state index in [0.29, 0.717) is 33.4 Å². The highest BCUT2D eigenvalue weighted by molar-refractivity contribution is 6.36. The van der Waals surface area contributed by atoms with Crippen LogP contribution in [0.4, 0.5) is 11.4 Å². The molecule has 0 aliphatic rings. The van der Waals surface area contributed by atoms with Gasteiger partial charge < -0.3 is 21.1 Å². The van der Waals surface area contributed by atoms with Crippen LogP contribution in [0.3, 0.4) is 0 Å². The van der Waals surface area contributed by atoms with Crippen molar-refractivity contribution in [2.45, 2.75) is 18.9 Å². The molecule has 0 saturated carbocycles. The molecule has 1 unspecified atom stereocenters. The van der Waals surface area contributed by atoms with E-state index in [1.807, 2.05) is 60.7 Å². The molecule has 4 aromatic carbocycles. The van der Waals surface area contributed by atoms with E-state index in [9.17, 15) is 14.4 Å². The predicted octanol–water partition coefficient (Wildman–Crippen LogP) is 6.53. The van der Waals surface area contributed by atoms with Crippen molar-refractivity contribution < 1.29 is 19.5 Å². The van der Waals surface area contributed by atoms with Crippen LogP contribution in [0.1, 0.15) is 22.3 Å². The van der Waals surface area contributed by atoms with Crippen LogP contribution in [-0.4, -0.2) is 35.5 Å². The van der Waals surface area contributed by atoms with Crippen LogP contribution in [0.5, 0.6) is 0 Å². The van der Waals surface area contributed by atoms with E-state index in [1.165, 1.54) is 0 Å². The van der Waals surface area contributed by atoms with Crippen molar-refractivity contribution in [3.05, 3.63) is 118 Å². The summed E-state index contributed by atoms with van der Waals surface area (Å²) in [5.74, 6) is -1.57. The van der Waals surface area contributed by atoms with Crippen molar-refractivity contribution in [2.24, 2.45) is 0 Å². The van der Waals surface area contributed by atoms with Crippen molar-refractivity contribution >= 4 is 52.4 Å². The number of carbonyl (C=O) groups is 3. The molecule has 0 fully saturated rings. The van der Waals surface area contributed by atoms with Crippen molar-refractivity contribution in [2.75, 3.05) is 17.2 Å². The number of rotatable bonds is 11. The standard InChI is InChI=1S/C31H27Cl2N3O4/c32-23-10-15-26(27(33)19-23)21-6-11-25(12-7-21)36-31(40)28(18-20-4-2-1-3-5-20)35-24-13-8-22(9-14-24)30(39)34-17-16-29(37)38/h1-15,19,28,35H,16-18H2,(H,34,39)(H,36,40)(H,37,38). The maximum Gasteiger partial charge on any atom is 0.305 e. The first-order valence-electron chi connectivity index (χ1n) is 12.6. The molecule has 0 bridgehead atoms. The Bertz CT molecular complexity index is 1480. The largest absolute Gasteiger partial charge is 0.481 e. The van der Waals surface area contributed by atoms with Gasteiger partial charge in [0.1, 0.15) is 6.04 Å². The van der Waals surface area contributed by atoms with E-state index in [4.69, 9.17) is 28.3 Å². The summed E-state index contributed by atoms with van der Waals surface area (Å²) in [4.78, 5) is 36.3. The molecule has 4 aromatic rings. The van der Waals surface area contributed by atoms with Crippen LogP contribution >= 0.6 is 23.2 Å². The van der Waals surface area contributed by atoms with Gasteiger partial charge in [-0.2, -0.15) is 0 Å². The molecule has 0 aliphatic heterocycles. The van der Waals surface area contributed by atoms with Gasteiger partial charge in [0.05, 0.1) is 6.42 Å². The fourth-order valence-electron chi connectivity index (χ4n) is 4.05. The Hall–Kier alpha value is -4.33. The minimum atomic E-state index is -0.982. The zero-order chi connectivity index (χ0) is 28.5. The van der Waals surface area contributed by atoms with Gasteiger partial charge in [-0.05, 0) is 59.7 Å². The van der Waals surface area contributed by atoms with E-state index in [1.54, 1.807) is 36.4 Å². The van der Waals surface area contributed by atoms with Crippen molar-refractivity contribution in [1.29, 1.82) is 0 Å². The number of amides is 2. The van der Waals surface area contributed by atoms with Gasteiger partial charge in [0.25, 0.3) is 5.91 Å². The van der Waals surface area contributed by atoms with Gasteiger partial charge in [0.15, 0.2) is 0 Å². The van der Waals surface area contributed by atoms with E-state index in [-0.39, 0.29) is 24.8 Å². The highest BCUT2D eigenvalue weighted by Gasteiger charge is 2.20. The summed E-state index contributed by atoms with van der Waals surface area (Å²) in [7, 11) is 0. The van der Waals surface area contributed by atoms with Gasteiger partial charge in [0.2, 0.25) is 5.91 Å². The number of hydrogen-bond donors (Lipinski definition) is 4. The van der Waals surface area contributed by atoms with Gasteiger partial charge in [-0.1, -0.05) is 71.7 Å². The molecule has 0 aliphatic carbocycles. The van der Waals surface area contributed by atoms with E-state index < -0.39 is 12.0 Å². The number of carboxylic acids is 1. The van der Waals surface area contributed by atoms with Crippen LogP contribution in [-0.2, 0) is 16.0 Å². The smallest absolute Gasteiger partial charge is 0.305 e. The molecule has 4 rings (SSSR count). The topological polar surface area (TPSA) is 108 Å². The second-order valence-corrected chi connectivity index (χ2v) is 9.90. The Morgan fingerprint density at radius 3 is 2.12 bits per heavy atom. The first-order valence-corrected chi connectivity index (χ1v) is 13.3. The van der Waals surface area contributed by atoms with Gasteiger partial charge in [-0.25, -0.2) is 0 Å².